The number of hydrogen-bond donors (Lipinski definition) is 1. The zero-order valence-corrected chi connectivity index (χ0v) is 25.5. The number of carbonyl (C=O) groups excluding carboxylic acids is 5. The van der Waals surface area contributed by atoms with Crippen molar-refractivity contribution in [2.75, 3.05) is 13.2 Å². The number of nitrogens with one attached hydrogen (secondary N) is 1. The average molecular weight is 617 g/mol. The molecule has 11 nitrogen and oxygen atoms in total. The lowest BCUT2D eigenvalue weighted by molar-refractivity contribution is -0.131. The van der Waals surface area contributed by atoms with Crippen molar-refractivity contribution in [3.8, 4) is 0 Å². The van der Waals surface area contributed by atoms with Crippen LogP contribution in [0.2, 0.25) is 0 Å². The highest BCUT2D eigenvalue weighted by Crippen LogP contribution is 2.29. The maximum absolute atomic E-state index is 13.6. The van der Waals surface area contributed by atoms with Gasteiger partial charge in [-0.15, -0.1) is 0 Å². The molecule has 4 rings (SSSR count). The van der Waals surface area contributed by atoms with Gasteiger partial charge >= 0.3 is 24.0 Å². The molecule has 1 fully saturated rings. The highest BCUT2D eigenvalue weighted by Gasteiger charge is 2.51. The summed E-state index contributed by atoms with van der Waals surface area (Å²) >= 11 is 0. The molecule has 1 aliphatic heterocycles. The topological polar surface area (TPSA) is 138 Å². The van der Waals surface area contributed by atoms with Gasteiger partial charge in [-0.3, -0.25) is 9.69 Å². The van der Waals surface area contributed by atoms with Crippen LogP contribution in [0.5, 0.6) is 0 Å². The number of carbonyl (C=O) groups is 5. The van der Waals surface area contributed by atoms with Gasteiger partial charge in [-0.05, 0) is 57.2 Å². The van der Waals surface area contributed by atoms with Gasteiger partial charge in [-0.2, -0.15) is 0 Å². The van der Waals surface area contributed by atoms with Gasteiger partial charge in [0.05, 0.1) is 22.7 Å². The number of piperidine rings is 1. The van der Waals surface area contributed by atoms with E-state index in [9.17, 15) is 24.0 Å². The number of hydrogen-bond acceptors (Lipinski definition) is 9. The van der Waals surface area contributed by atoms with Crippen LogP contribution >= 0.6 is 0 Å². The minimum absolute atomic E-state index is 0.191. The molecule has 3 aromatic rings. The summed E-state index contributed by atoms with van der Waals surface area (Å²) in [6, 6.07) is 22.3. The summed E-state index contributed by atoms with van der Waals surface area (Å²) in [6.45, 7) is 5.65. The summed E-state index contributed by atoms with van der Waals surface area (Å²) in [5, 5.41) is 2.73. The molecule has 11 heteroatoms. The summed E-state index contributed by atoms with van der Waals surface area (Å²) in [5.41, 5.74) is -0.248. The Hall–Kier alpha value is -5.19. The number of likely N-dealkylation sites (tertiary alicyclic amines) is 1. The number of amides is 2. The van der Waals surface area contributed by atoms with E-state index < -0.39 is 66.4 Å². The Morgan fingerprint density at radius 1 is 0.711 bits per heavy atom. The van der Waals surface area contributed by atoms with Crippen LogP contribution in [0.3, 0.4) is 0 Å². The predicted octanol–water partition coefficient (Wildman–Crippen LogP) is 4.42. The molecule has 1 N–H and O–H groups in total. The quantitative estimate of drug-likeness (QED) is 0.288. The fraction of sp³-hybridized carbons (Fsp3) is 0.324. The van der Waals surface area contributed by atoms with Crippen LogP contribution in [0.25, 0.3) is 0 Å². The third-order valence-electron chi connectivity index (χ3n) is 6.81. The van der Waals surface area contributed by atoms with Crippen molar-refractivity contribution in [2.45, 2.75) is 57.6 Å². The highest BCUT2D eigenvalue weighted by molar-refractivity contribution is 5.91. The van der Waals surface area contributed by atoms with Gasteiger partial charge in [0.1, 0.15) is 18.2 Å². The van der Waals surface area contributed by atoms with Crippen molar-refractivity contribution in [2.24, 2.45) is 0 Å². The standard InChI is InChI=1S/C34H36N2O9/c1-22(37)35-26-20-36(33(41)45-34(2,3)4)27(21-42-30(38)23-14-8-5-9-15-23)29(44-32(40)25-18-12-7-13-19-25)28(26)43-31(39)24-16-10-6-11-17-24/h5-19,26-29H,20-21H2,1-4H3,(H,35,37)/t26-,27+,28+,29-/m0/s1. The molecule has 4 atom stereocenters. The number of rotatable bonds is 8. The van der Waals surface area contributed by atoms with Crippen molar-refractivity contribution < 1.29 is 42.9 Å². The lowest BCUT2D eigenvalue weighted by atomic mass is 9.91. The van der Waals surface area contributed by atoms with Crippen molar-refractivity contribution >= 4 is 29.9 Å². The van der Waals surface area contributed by atoms with Crippen LogP contribution < -0.4 is 5.32 Å². The average Bonchev–Trinajstić information content (AvgIpc) is 3.01. The van der Waals surface area contributed by atoms with E-state index in [2.05, 4.69) is 5.32 Å². The van der Waals surface area contributed by atoms with Crippen molar-refractivity contribution in [3.05, 3.63) is 108 Å². The Balaban J connectivity index is 1.77. The maximum atomic E-state index is 13.6. The lowest BCUT2D eigenvalue weighted by Gasteiger charge is -2.47. The van der Waals surface area contributed by atoms with E-state index in [1.54, 1.807) is 99.6 Å². The molecule has 0 aliphatic carbocycles. The van der Waals surface area contributed by atoms with Crippen molar-refractivity contribution in [1.29, 1.82) is 0 Å². The molecule has 2 amide bonds. The number of ether oxygens (including phenoxy) is 4. The Kier molecular flexibility index (Phi) is 10.6. The molecule has 236 valence electrons. The van der Waals surface area contributed by atoms with Gasteiger partial charge in [-0.1, -0.05) is 54.6 Å². The Bertz CT molecular complexity index is 1490. The number of benzene rings is 3. The van der Waals surface area contributed by atoms with Crippen LogP contribution in [0.15, 0.2) is 91.0 Å². The molecule has 0 bridgehead atoms. The third-order valence-corrected chi connectivity index (χ3v) is 6.81. The summed E-state index contributed by atoms with van der Waals surface area (Å²) in [5.74, 6) is -2.70. The molecule has 45 heavy (non-hydrogen) atoms. The number of esters is 3. The van der Waals surface area contributed by atoms with Gasteiger partial charge in [0.15, 0.2) is 12.2 Å². The van der Waals surface area contributed by atoms with Crippen LogP contribution in [-0.4, -0.2) is 77.9 Å². The van der Waals surface area contributed by atoms with E-state index in [0.717, 1.165) is 0 Å². The monoisotopic (exact) mass is 616 g/mol. The first kappa shape index (κ1) is 32.7. The van der Waals surface area contributed by atoms with Gasteiger partial charge < -0.3 is 24.3 Å². The van der Waals surface area contributed by atoms with Crippen LogP contribution in [0, 0.1) is 0 Å². The first-order valence-electron chi connectivity index (χ1n) is 14.4. The Morgan fingerprint density at radius 3 is 1.60 bits per heavy atom. The largest absolute Gasteiger partial charge is 0.460 e. The first-order chi connectivity index (χ1) is 21.4. The molecule has 1 saturated heterocycles. The minimum atomic E-state index is -1.41. The first-order valence-corrected chi connectivity index (χ1v) is 14.4. The Labute approximate surface area is 261 Å². The summed E-state index contributed by atoms with van der Waals surface area (Å²) in [7, 11) is 0. The molecule has 0 unspecified atom stereocenters. The molecule has 1 aliphatic rings. The van der Waals surface area contributed by atoms with E-state index in [0.29, 0.717) is 0 Å². The smallest absolute Gasteiger partial charge is 0.410 e. The second-order valence-corrected chi connectivity index (χ2v) is 11.4. The third kappa shape index (κ3) is 8.91. The van der Waals surface area contributed by atoms with Gasteiger partial charge in [0, 0.05) is 13.5 Å². The molecule has 0 radical (unpaired) electrons. The zero-order chi connectivity index (χ0) is 32.6. The van der Waals surface area contributed by atoms with Crippen LogP contribution in [0.4, 0.5) is 4.79 Å². The summed E-state index contributed by atoms with van der Waals surface area (Å²) in [4.78, 5) is 67.0. The highest BCUT2D eigenvalue weighted by atomic mass is 16.6. The molecular weight excluding hydrogens is 580 g/mol. The predicted molar refractivity (Wildman–Crippen MR) is 162 cm³/mol. The number of nitrogens with zero attached hydrogens (tertiary/aromatic N) is 1. The fourth-order valence-electron chi connectivity index (χ4n) is 4.83. The zero-order valence-electron chi connectivity index (χ0n) is 25.5. The van der Waals surface area contributed by atoms with Gasteiger partial charge in [0.25, 0.3) is 0 Å². The van der Waals surface area contributed by atoms with Crippen LogP contribution in [0.1, 0.15) is 58.8 Å². The molecular formula is C34H36N2O9. The van der Waals surface area contributed by atoms with Crippen molar-refractivity contribution in [3.63, 3.8) is 0 Å². The lowest BCUT2D eigenvalue weighted by Crippen LogP contribution is -2.69. The SMILES string of the molecule is CC(=O)N[C@H]1CN(C(=O)OC(C)(C)C)[C@H](COC(=O)c2ccccc2)[C@H](OC(=O)c2ccccc2)[C@@H]1OC(=O)c1ccccc1. The molecule has 0 spiro atoms. The second kappa shape index (κ2) is 14.5. The fourth-order valence-corrected chi connectivity index (χ4v) is 4.83. The Morgan fingerprint density at radius 2 is 1.16 bits per heavy atom. The second-order valence-electron chi connectivity index (χ2n) is 11.4. The molecule has 1 heterocycles. The van der Waals surface area contributed by atoms with Gasteiger partial charge in [0.2, 0.25) is 5.91 Å². The summed E-state index contributed by atoms with van der Waals surface area (Å²) in [6.07, 6.45) is -3.52. The minimum Gasteiger partial charge on any atom is -0.460 e. The van der Waals surface area contributed by atoms with E-state index in [-0.39, 0.29) is 23.2 Å². The normalized spacial score (nSPS) is 19.5. The molecule has 0 aromatic heterocycles. The molecule has 0 saturated carbocycles. The van der Waals surface area contributed by atoms with Crippen LogP contribution in [-0.2, 0) is 23.7 Å². The van der Waals surface area contributed by atoms with E-state index in [1.165, 1.54) is 24.0 Å². The maximum Gasteiger partial charge on any atom is 0.410 e. The van der Waals surface area contributed by atoms with Gasteiger partial charge in [-0.25, -0.2) is 19.2 Å². The van der Waals surface area contributed by atoms with E-state index in [1.807, 2.05) is 0 Å². The molecule has 3 aromatic carbocycles. The summed E-state index contributed by atoms with van der Waals surface area (Å²) < 4.78 is 23.2. The van der Waals surface area contributed by atoms with E-state index >= 15 is 0 Å². The van der Waals surface area contributed by atoms with Crippen molar-refractivity contribution in [1.82, 2.24) is 10.2 Å². The van der Waals surface area contributed by atoms with E-state index in [4.69, 9.17) is 18.9 Å².